The number of carboxylic acids is 3. The van der Waals surface area contributed by atoms with Gasteiger partial charge in [-0.1, -0.05) is 0 Å². The molecular formula is C12H22N2O7. The van der Waals surface area contributed by atoms with Gasteiger partial charge in [0.05, 0.1) is 0 Å². The van der Waals surface area contributed by atoms with Gasteiger partial charge < -0.3 is 15.3 Å². The maximum atomic E-state index is 10.5. The molecule has 0 heterocycles. The van der Waals surface area contributed by atoms with Gasteiger partial charge in [-0.25, -0.2) is 5.84 Å². The fraction of sp³-hybridized carbons (Fsp3) is 0.667. The first-order chi connectivity index (χ1) is 9.79. The molecule has 0 aliphatic rings. The Kier molecular flexibility index (Phi) is 14.4. The van der Waals surface area contributed by atoms with Crippen molar-refractivity contribution in [3.8, 4) is 0 Å². The minimum Gasteiger partial charge on any atom is -0.481 e. The highest BCUT2D eigenvalue weighted by Gasteiger charge is 2.00. The lowest BCUT2D eigenvalue weighted by Crippen LogP contribution is -2.29. The summed E-state index contributed by atoms with van der Waals surface area (Å²) in [5.41, 5.74) is 1.97. The van der Waals surface area contributed by atoms with E-state index < -0.39 is 17.9 Å². The van der Waals surface area contributed by atoms with Crippen molar-refractivity contribution in [2.24, 2.45) is 5.84 Å². The van der Waals surface area contributed by atoms with E-state index in [0.717, 1.165) is 0 Å². The molecule has 0 aliphatic carbocycles. The van der Waals surface area contributed by atoms with Crippen molar-refractivity contribution >= 4 is 23.8 Å². The second-order valence-electron chi connectivity index (χ2n) is 4.16. The maximum Gasteiger partial charge on any atom is 0.303 e. The Bertz CT molecular complexity index is 328. The van der Waals surface area contributed by atoms with Crippen molar-refractivity contribution in [2.45, 2.75) is 51.4 Å². The first-order valence-electron chi connectivity index (χ1n) is 6.44. The standard InChI is InChI=1S/C6H12N2O3.C6H10O4/c7-8-5(9)3-1-2-4-6(10)11;7-5(8)3-1-2-4-6(9)10/h1-4,7H2,(H,8,9)(H,10,11);1-4H2,(H,7,8)(H,9,10). The molecule has 0 unspecified atom stereocenters. The SMILES string of the molecule is NNC(=O)CCCCC(=O)O.O=C(O)CCCCC(=O)O. The second-order valence-corrected chi connectivity index (χ2v) is 4.16. The van der Waals surface area contributed by atoms with Gasteiger partial charge in [-0.15, -0.1) is 0 Å². The number of carbonyl (C=O) groups excluding carboxylic acids is 1. The Morgan fingerprint density at radius 1 is 0.667 bits per heavy atom. The van der Waals surface area contributed by atoms with Crippen LogP contribution < -0.4 is 11.3 Å². The largest absolute Gasteiger partial charge is 0.481 e. The number of hydrogen-bond acceptors (Lipinski definition) is 5. The molecule has 0 bridgehead atoms. The van der Waals surface area contributed by atoms with Crippen molar-refractivity contribution in [3.05, 3.63) is 0 Å². The fourth-order valence-corrected chi connectivity index (χ4v) is 1.19. The molecule has 122 valence electrons. The Labute approximate surface area is 122 Å². The zero-order valence-electron chi connectivity index (χ0n) is 11.7. The van der Waals surface area contributed by atoms with E-state index in [9.17, 15) is 19.2 Å². The average molecular weight is 306 g/mol. The zero-order valence-corrected chi connectivity index (χ0v) is 11.7. The number of carboxylic acid groups (broad SMARTS) is 3. The molecule has 0 fully saturated rings. The number of nitrogens with one attached hydrogen (secondary N) is 1. The average Bonchev–Trinajstić information content (AvgIpc) is 2.39. The van der Waals surface area contributed by atoms with E-state index in [1.54, 1.807) is 0 Å². The molecule has 1 amide bonds. The molecular weight excluding hydrogens is 284 g/mol. The third-order valence-electron chi connectivity index (χ3n) is 2.24. The molecule has 0 aromatic heterocycles. The van der Waals surface area contributed by atoms with Gasteiger partial charge in [0, 0.05) is 25.7 Å². The molecule has 0 radical (unpaired) electrons. The van der Waals surface area contributed by atoms with Crippen LogP contribution >= 0.6 is 0 Å². The van der Waals surface area contributed by atoms with Crippen LogP contribution in [0, 0.1) is 0 Å². The first-order valence-corrected chi connectivity index (χ1v) is 6.44. The van der Waals surface area contributed by atoms with E-state index in [-0.39, 0.29) is 25.2 Å². The topological polar surface area (TPSA) is 167 Å². The van der Waals surface area contributed by atoms with Gasteiger partial charge in [-0.3, -0.25) is 24.6 Å². The van der Waals surface area contributed by atoms with Gasteiger partial charge >= 0.3 is 17.9 Å². The van der Waals surface area contributed by atoms with Crippen LogP contribution in [0.5, 0.6) is 0 Å². The van der Waals surface area contributed by atoms with Crippen LogP contribution in [-0.2, 0) is 19.2 Å². The van der Waals surface area contributed by atoms with E-state index in [1.807, 2.05) is 5.43 Å². The molecule has 0 atom stereocenters. The highest BCUT2D eigenvalue weighted by atomic mass is 16.4. The molecule has 0 aliphatic heterocycles. The lowest BCUT2D eigenvalue weighted by atomic mass is 10.2. The van der Waals surface area contributed by atoms with Gasteiger partial charge in [0.1, 0.15) is 0 Å². The monoisotopic (exact) mass is 306 g/mol. The summed E-state index contributed by atoms with van der Waals surface area (Å²) in [5.74, 6) is 1.97. The van der Waals surface area contributed by atoms with Crippen LogP contribution in [0.1, 0.15) is 51.4 Å². The number of carbonyl (C=O) groups is 4. The molecule has 0 saturated carbocycles. The summed E-state index contributed by atoms with van der Waals surface area (Å²) >= 11 is 0. The van der Waals surface area contributed by atoms with Crippen molar-refractivity contribution in [1.82, 2.24) is 5.43 Å². The third kappa shape index (κ3) is 23.4. The molecule has 0 saturated heterocycles. The highest BCUT2D eigenvalue weighted by molar-refractivity contribution is 5.75. The van der Waals surface area contributed by atoms with Crippen LogP contribution in [0.2, 0.25) is 0 Å². The Morgan fingerprint density at radius 2 is 0.952 bits per heavy atom. The van der Waals surface area contributed by atoms with E-state index in [0.29, 0.717) is 32.1 Å². The Balaban J connectivity index is 0. The summed E-state index contributed by atoms with van der Waals surface area (Å²) in [5, 5.41) is 24.5. The van der Waals surface area contributed by atoms with Gasteiger partial charge in [0.15, 0.2) is 0 Å². The normalized spacial score (nSPS) is 9.19. The number of unbranched alkanes of at least 4 members (excludes halogenated alkanes) is 2. The summed E-state index contributed by atoms with van der Waals surface area (Å²) in [6.07, 6.45) is 2.50. The van der Waals surface area contributed by atoms with Crippen molar-refractivity contribution < 1.29 is 34.5 Å². The summed E-state index contributed by atoms with van der Waals surface area (Å²) in [4.78, 5) is 40.3. The highest BCUT2D eigenvalue weighted by Crippen LogP contribution is 1.99. The summed E-state index contributed by atoms with van der Waals surface area (Å²) in [6, 6.07) is 0. The lowest BCUT2D eigenvalue weighted by Gasteiger charge is -1.96. The molecule has 9 heteroatoms. The number of hydrazine groups is 1. The fourth-order valence-electron chi connectivity index (χ4n) is 1.19. The number of rotatable bonds is 10. The van der Waals surface area contributed by atoms with Crippen LogP contribution in [0.4, 0.5) is 0 Å². The van der Waals surface area contributed by atoms with E-state index >= 15 is 0 Å². The number of nitrogens with two attached hydrogens (primary N) is 1. The second kappa shape index (κ2) is 14.3. The number of aliphatic carboxylic acids is 3. The number of hydrogen-bond donors (Lipinski definition) is 5. The van der Waals surface area contributed by atoms with E-state index in [2.05, 4.69) is 0 Å². The summed E-state index contributed by atoms with van der Waals surface area (Å²) in [6.45, 7) is 0. The maximum absolute atomic E-state index is 10.5. The van der Waals surface area contributed by atoms with Crippen molar-refractivity contribution in [1.29, 1.82) is 0 Å². The molecule has 0 aromatic carbocycles. The molecule has 0 rings (SSSR count). The van der Waals surface area contributed by atoms with Crippen LogP contribution in [0.25, 0.3) is 0 Å². The third-order valence-corrected chi connectivity index (χ3v) is 2.24. The Hall–Kier alpha value is -2.16. The quantitative estimate of drug-likeness (QED) is 0.166. The molecule has 0 aromatic rings. The predicted molar refractivity (Wildman–Crippen MR) is 72.2 cm³/mol. The Morgan fingerprint density at radius 3 is 1.19 bits per heavy atom. The van der Waals surface area contributed by atoms with Crippen LogP contribution in [0.15, 0.2) is 0 Å². The van der Waals surface area contributed by atoms with Gasteiger partial charge in [-0.05, 0) is 25.7 Å². The number of amides is 1. The molecule has 9 nitrogen and oxygen atoms in total. The van der Waals surface area contributed by atoms with Gasteiger partial charge in [0.2, 0.25) is 5.91 Å². The van der Waals surface area contributed by atoms with E-state index in [4.69, 9.17) is 21.2 Å². The summed E-state index contributed by atoms with van der Waals surface area (Å²) in [7, 11) is 0. The van der Waals surface area contributed by atoms with Crippen LogP contribution in [0.3, 0.4) is 0 Å². The lowest BCUT2D eigenvalue weighted by molar-refractivity contribution is -0.139. The minimum absolute atomic E-state index is 0.0628. The smallest absolute Gasteiger partial charge is 0.303 e. The molecule has 21 heavy (non-hydrogen) atoms. The van der Waals surface area contributed by atoms with E-state index in [1.165, 1.54) is 0 Å². The van der Waals surface area contributed by atoms with Crippen molar-refractivity contribution in [2.75, 3.05) is 0 Å². The predicted octanol–water partition coefficient (Wildman–Crippen LogP) is 0.337. The minimum atomic E-state index is -0.870. The zero-order chi connectivity index (χ0) is 16.7. The molecule has 0 spiro atoms. The molecule has 6 N–H and O–H groups in total. The van der Waals surface area contributed by atoms with Crippen molar-refractivity contribution in [3.63, 3.8) is 0 Å². The summed E-state index contributed by atoms with van der Waals surface area (Å²) < 4.78 is 0. The first kappa shape index (κ1) is 21.1. The van der Waals surface area contributed by atoms with Gasteiger partial charge in [-0.2, -0.15) is 0 Å². The van der Waals surface area contributed by atoms with Crippen LogP contribution in [-0.4, -0.2) is 39.1 Å². The van der Waals surface area contributed by atoms with Gasteiger partial charge in [0.25, 0.3) is 0 Å².